The molecule has 2 N–H and O–H groups in total. The molecule has 7 nitrogen and oxygen atoms in total. The minimum absolute atomic E-state index is 0.0177. The largest absolute Gasteiger partial charge is 0.461 e. The molecule has 2 aromatic heterocycles. The minimum Gasteiger partial charge on any atom is -0.461 e. The van der Waals surface area contributed by atoms with E-state index in [1.165, 1.54) is 0 Å². The smallest absolute Gasteiger partial charge is 0.237 e. The van der Waals surface area contributed by atoms with Gasteiger partial charge in [0.1, 0.15) is 5.82 Å². The summed E-state index contributed by atoms with van der Waals surface area (Å²) in [4.78, 5) is 18.7. The lowest BCUT2D eigenvalue weighted by molar-refractivity contribution is -0.127. The average Bonchev–Trinajstić information content (AvgIpc) is 3.24. The van der Waals surface area contributed by atoms with Crippen LogP contribution in [0.2, 0.25) is 0 Å². The fourth-order valence-corrected chi connectivity index (χ4v) is 2.77. The minimum atomic E-state index is -0.160. The maximum atomic E-state index is 12.4. The molecule has 1 aliphatic heterocycles. The second kappa shape index (κ2) is 7.11. The van der Waals surface area contributed by atoms with Crippen LogP contribution in [0.1, 0.15) is 25.1 Å². The Balaban J connectivity index is 1.57. The van der Waals surface area contributed by atoms with Gasteiger partial charge in [0, 0.05) is 0 Å². The molecule has 2 aromatic rings. The van der Waals surface area contributed by atoms with E-state index in [0.717, 1.165) is 25.8 Å². The van der Waals surface area contributed by atoms with Crippen molar-refractivity contribution in [1.82, 2.24) is 25.4 Å². The van der Waals surface area contributed by atoms with Crippen molar-refractivity contribution in [2.45, 2.75) is 31.8 Å². The molecule has 7 heteroatoms. The third kappa shape index (κ3) is 3.60. The summed E-state index contributed by atoms with van der Waals surface area (Å²) < 4.78 is 5.24. The number of H-pyrrole nitrogens is 1. The predicted octanol–water partition coefficient (Wildman–Crippen LogP) is 1.17. The van der Waals surface area contributed by atoms with E-state index in [0.29, 0.717) is 30.5 Å². The maximum Gasteiger partial charge on any atom is 0.237 e. The molecule has 1 saturated heterocycles. The van der Waals surface area contributed by atoms with Crippen molar-refractivity contribution in [2.75, 3.05) is 13.1 Å². The zero-order chi connectivity index (χ0) is 16.1. The number of likely N-dealkylation sites (tertiary alicyclic amines) is 1. The molecule has 0 bridgehead atoms. The molecular formula is C16H19N5O2. The van der Waals surface area contributed by atoms with Gasteiger partial charge in [-0.25, -0.2) is 4.98 Å². The number of hydrogen-bond donors (Lipinski definition) is 2. The van der Waals surface area contributed by atoms with Crippen molar-refractivity contribution in [3.05, 3.63) is 24.2 Å². The average molecular weight is 313 g/mol. The second-order valence-corrected chi connectivity index (χ2v) is 5.49. The molecule has 3 rings (SSSR count). The van der Waals surface area contributed by atoms with E-state index in [9.17, 15) is 4.79 Å². The summed E-state index contributed by atoms with van der Waals surface area (Å²) in [7, 11) is 0. The Morgan fingerprint density at radius 1 is 1.57 bits per heavy atom. The van der Waals surface area contributed by atoms with Gasteiger partial charge in [-0.15, -0.1) is 11.5 Å². The van der Waals surface area contributed by atoms with Crippen LogP contribution in [0.4, 0.5) is 0 Å². The van der Waals surface area contributed by atoms with E-state index in [-0.39, 0.29) is 11.9 Å². The lowest BCUT2D eigenvalue weighted by atomic mass is 10.0. The van der Waals surface area contributed by atoms with Crippen LogP contribution in [-0.2, 0) is 11.3 Å². The Morgan fingerprint density at radius 3 is 3.26 bits per heavy atom. The Labute approximate surface area is 134 Å². The first-order valence-corrected chi connectivity index (χ1v) is 7.68. The number of amides is 1. The van der Waals surface area contributed by atoms with Crippen molar-refractivity contribution in [3.63, 3.8) is 0 Å². The van der Waals surface area contributed by atoms with Crippen LogP contribution < -0.4 is 5.32 Å². The Bertz CT molecular complexity index is 686. The number of nitrogens with zero attached hydrogens (tertiary/aromatic N) is 3. The number of rotatable bonds is 5. The van der Waals surface area contributed by atoms with Gasteiger partial charge < -0.3 is 9.73 Å². The van der Waals surface area contributed by atoms with Gasteiger partial charge in [-0.2, -0.15) is 0 Å². The number of carbonyl (C=O) groups is 1. The Kier molecular flexibility index (Phi) is 4.74. The highest BCUT2D eigenvalue weighted by molar-refractivity contribution is 5.81. The van der Waals surface area contributed by atoms with Crippen molar-refractivity contribution in [3.8, 4) is 23.9 Å². The van der Waals surface area contributed by atoms with Crippen LogP contribution in [-0.4, -0.2) is 45.1 Å². The number of aromatic amines is 1. The van der Waals surface area contributed by atoms with Crippen molar-refractivity contribution in [2.24, 2.45) is 0 Å². The molecule has 1 aliphatic rings. The molecule has 0 aliphatic carbocycles. The summed E-state index contributed by atoms with van der Waals surface area (Å²) >= 11 is 0. The first-order chi connectivity index (χ1) is 11.3. The number of aromatic nitrogens is 3. The topological polar surface area (TPSA) is 87.1 Å². The van der Waals surface area contributed by atoms with Gasteiger partial charge in [0.15, 0.2) is 5.76 Å². The second-order valence-electron chi connectivity index (χ2n) is 5.49. The van der Waals surface area contributed by atoms with E-state index < -0.39 is 0 Å². The summed E-state index contributed by atoms with van der Waals surface area (Å²) in [5.41, 5.74) is 0. The van der Waals surface area contributed by atoms with Crippen LogP contribution in [0.25, 0.3) is 11.6 Å². The first kappa shape index (κ1) is 15.3. The van der Waals surface area contributed by atoms with Crippen molar-refractivity contribution >= 4 is 5.91 Å². The van der Waals surface area contributed by atoms with E-state index >= 15 is 0 Å². The third-order valence-corrected chi connectivity index (χ3v) is 3.91. The molecule has 1 fully saturated rings. The molecule has 3 heterocycles. The van der Waals surface area contributed by atoms with E-state index in [2.05, 4.69) is 26.4 Å². The zero-order valence-electron chi connectivity index (χ0n) is 12.8. The third-order valence-electron chi connectivity index (χ3n) is 3.91. The fourth-order valence-electron chi connectivity index (χ4n) is 2.77. The van der Waals surface area contributed by atoms with Gasteiger partial charge in [-0.1, -0.05) is 12.3 Å². The van der Waals surface area contributed by atoms with Gasteiger partial charge in [-0.05, 0) is 31.5 Å². The highest BCUT2D eigenvalue weighted by Gasteiger charge is 2.27. The summed E-state index contributed by atoms with van der Waals surface area (Å²) in [6.45, 7) is 1.67. The molecule has 0 unspecified atom stereocenters. The summed E-state index contributed by atoms with van der Waals surface area (Å²) in [6, 6.07) is 3.40. The van der Waals surface area contributed by atoms with E-state index in [1.54, 1.807) is 18.4 Å². The summed E-state index contributed by atoms with van der Waals surface area (Å²) in [5.74, 6) is 4.26. The normalized spacial score (nSPS) is 18.5. The number of furan rings is 1. The first-order valence-electron chi connectivity index (χ1n) is 7.68. The van der Waals surface area contributed by atoms with Gasteiger partial charge in [0.25, 0.3) is 0 Å². The molecule has 0 aromatic carbocycles. The van der Waals surface area contributed by atoms with E-state index in [1.807, 2.05) is 4.90 Å². The SMILES string of the molecule is C#CCN1CCCC[C@H]1C(=O)NCc1nc(-c2ccco2)n[nH]1. The van der Waals surface area contributed by atoms with Gasteiger partial charge in [0.2, 0.25) is 11.7 Å². The van der Waals surface area contributed by atoms with Gasteiger partial charge in [0.05, 0.1) is 25.4 Å². The Morgan fingerprint density at radius 2 is 2.48 bits per heavy atom. The molecule has 0 spiro atoms. The van der Waals surface area contributed by atoms with Crippen molar-refractivity contribution < 1.29 is 9.21 Å². The molecule has 23 heavy (non-hydrogen) atoms. The lowest BCUT2D eigenvalue weighted by Crippen LogP contribution is -2.49. The van der Waals surface area contributed by atoms with Crippen molar-refractivity contribution in [1.29, 1.82) is 0 Å². The quantitative estimate of drug-likeness (QED) is 0.809. The molecule has 120 valence electrons. The monoisotopic (exact) mass is 313 g/mol. The molecule has 1 atom stereocenters. The van der Waals surface area contributed by atoms with Crippen LogP contribution >= 0.6 is 0 Å². The van der Waals surface area contributed by atoms with Crippen LogP contribution in [0.5, 0.6) is 0 Å². The zero-order valence-corrected chi connectivity index (χ0v) is 12.8. The van der Waals surface area contributed by atoms with Crippen LogP contribution in [0, 0.1) is 12.3 Å². The number of piperidine rings is 1. The molecule has 1 amide bonds. The number of nitrogens with one attached hydrogen (secondary N) is 2. The van der Waals surface area contributed by atoms with Crippen LogP contribution in [0.15, 0.2) is 22.8 Å². The predicted molar refractivity (Wildman–Crippen MR) is 84.0 cm³/mol. The number of carbonyl (C=O) groups excluding carboxylic acids is 1. The van der Waals surface area contributed by atoms with Gasteiger partial charge >= 0.3 is 0 Å². The molecule has 0 radical (unpaired) electrons. The number of terminal acetylenes is 1. The van der Waals surface area contributed by atoms with Gasteiger partial charge in [-0.3, -0.25) is 14.8 Å². The lowest BCUT2D eigenvalue weighted by Gasteiger charge is -2.33. The van der Waals surface area contributed by atoms with Crippen LogP contribution in [0.3, 0.4) is 0 Å². The Hall–Kier alpha value is -2.59. The molecular weight excluding hydrogens is 294 g/mol. The highest BCUT2D eigenvalue weighted by atomic mass is 16.3. The van der Waals surface area contributed by atoms with E-state index in [4.69, 9.17) is 10.8 Å². The fraction of sp³-hybridized carbons (Fsp3) is 0.438. The maximum absolute atomic E-state index is 12.4. The summed E-state index contributed by atoms with van der Waals surface area (Å²) in [5, 5.41) is 9.78. The molecule has 0 saturated carbocycles. The standard InChI is InChI=1S/C16H19N5O2/c1-2-8-21-9-4-3-6-12(21)16(22)17-11-14-18-15(20-19-14)13-7-5-10-23-13/h1,5,7,10,12H,3-4,6,8-9,11H2,(H,17,22)(H,18,19,20)/t12-/m0/s1. The summed E-state index contributed by atoms with van der Waals surface area (Å²) in [6.07, 6.45) is 9.91. The highest BCUT2D eigenvalue weighted by Crippen LogP contribution is 2.17. The number of hydrogen-bond acceptors (Lipinski definition) is 5.